The fourth-order valence-corrected chi connectivity index (χ4v) is 1.75. The van der Waals surface area contributed by atoms with Crippen LogP contribution in [0.3, 0.4) is 0 Å². The number of halogens is 2. The Labute approximate surface area is 136 Å². The third kappa shape index (κ3) is 4.61. The van der Waals surface area contributed by atoms with E-state index in [1.54, 1.807) is 24.3 Å². The molecule has 1 aromatic heterocycles. The molecule has 0 fully saturated rings. The number of nitrogens with zero attached hydrogens (tertiary/aromatic N) is 1. The fraction of sp³-hybridized carbons (Fsp3) is 0.0714. The summed E-state index contributed by atoms with van der Waals surface area (Å²) in [6.45, 7) is -0.289. The molecule has 1 heterocycles. The number of ether oxygens (including phenoxy) is 1. The highest BCUT2D eigenvalue weighted by molar-refractivity contribution is 6.32. The number of hydrazine groups is 1. The first kappa shape index (κ1) is 16.1. The average molecular weight is 340 g/mol. The predicted molar refractivity (Wildman–Crippen MR) is 81.8 cm³/mol. The molecular weight excluding hydrogens is 329 g/mol. The van der Waals surface area contributed by atoms with Crippen LogP contribution in [0.4, 0.5) is 0 Å². The maximum absolute atomic E-state index is 11.7. The Balaban J connectivity index is 1.79. The van der Waals surface area contributed by atoms with Crippen LogP contribution in [0.5, 0.6) is 5.75 Å². The van der Waals surface area contributed by atoms with E-state index in [0.29, 0.717) is 10.8 Å². The molecule has 6 nitrogen and oxygen atoms in total. The van der Waals surface area contributed by atoms with Crippen LogP contribution in [0, 0.1) is 0 Å². The topological polar surface area (TPSA) is 80.3 Å². The largest absolute Gasteiger partial charge is 0.482 e. The van der Waals surface area contributed by atoms with Crippen LogP contribution in [0.1, 0.15) is 10.4 Å². The van der Waals surface area contributed by atoms with E-state index in [1.807, 2.05) is 0 Å². The molecule has 0 spiro atoms. The zero-order chi connectivity index (χ0) is 15.9. The Morgan fingerprint density at radius 2 is 1.86 bits per heavy atom. The number of hydrogen-bond acceptors (Lipinski definition) is 4. The Hall–Kier alpha value is -2.31. The molecule has 0 saturated carbocycles. The number of aromatic nitrogens is 1. The minimum absolute atomic E-state index is 0.261. The van der Waals surface area contributed by atoms with Crippen molar-refractivity contribution in [3.8, 4) is 5.75 Å². The van der Waals surface area contributed by atoms with E-state index < -0.39 is 11.8 Å². The van der Waals surface area contributed by atoms with Crippen LogP contribution >= 0.6 is 23.2 Å². The van der Waals surface area contributed by atoms with Gasteiger partial charge in [-0.3, -0.25) is 20.4 Å². The Kier molecular flexibility index (Phi) is 5.57. The number of para-hydroxylation sites is 1. The molecule has 114 valence electrons. The molecule has 22 heavy (non-hydrogen) atoms. The van der Waals surface area contributed by atoms with Crippen LogP contribution < -0.4 is 15.6 Å². The zero-order valence-corrected chi connectivity index (χ0v) is 12.7. The zero-order valence-electron chi connectivity index (χ0n) is 11.2. The average Bonchev–Trinajstić information content (AvgIpc) is 2.52. The van der Waals surface area contributed by atoms with Gasteiger partial charge in [-0.05, 0) is 24.3 Å². The van der Waals surface area contributed by atoms with Gasteiger partial charge in [0.05, 0.1) is 10.6 Å². The second-order valence-electron chi connectivity index (χ2n) is 4.09. The fourth-order valence-electron chi connectivity index (χ4n) is 1.45. The van der Waals surface area contributed by atoms with Crippen molar-refractivity contribution in [3.05, 3.63) is 58.3 Å². The molecule has 2 rings (SSSR count). The summed E-state index contributed by atoms with van der Waals surface area (Å²) in [7, 11) is 0. The Morgan fingerprint density at radius 3 is 2.55 bits per heavy atom. The van der Waals surface area contributed by atoms with Gasteiger partial charge in [0.1, 0.15) is 10.9 Å². The minimum atomic E-state index is -0.532. The van der Waals surface area contributed by atoms with Crippen molar-refractivity contribution in [2.45, 2.75) is 0 Å². The van der Waals surface area contributed by atoms with Gasteiger partial charge >= 0.3 is 0 Å². The van der Waals surface area contributed by atoms with E-state index in [1.165, 1.54) is 18.3 Å². The van der Waals surface area contributed by atoms with Crippen LogP contribution in [0.25, 0.3) is 0 Å². The van der Waals surface area contributed by atoms with Crippen LogP contribution in [0.15, 0.2) is 42.6 Å². The summed E-state index contributed by atoms with van der Waals surface area (Å²) >= 11 is 11.5. The van der Waals surface area contributed by atoms with Crippen molar-refractivity contribution in [1.29, 1.82) is 0 Å². The lowest BCUT2D eigenvalue weighted by Crippen LogP contribution is -2.43. The molecule has 0 saturated heterocycles. The van der Waals surface area contributed by atoms with E-state index >= 15 is 0 Å². The van der Waals surface area contributed by atoms with Crippen molar-refractivity contribution in [2.24, 2.45) is 0 Å². The van der Waals surface area contributed by atoms with E-state index in [9.17, 15) is 9.59 Å². The molecule has 2 aromatic rings. The van der Waals surface area contributed by atoms with Crippen LogP contribution in [-0.2, 0) is 4.79 Å². The van der Waals surface area contributed by atoms with E-state index in [4.69, 9.17) is 27.9 Å². The Morgan fingerprint density at radius 1 is 1.09 bits per heavy atom. The van der Waals surface area contributed by atoms with Gasteiger partial charge in [0.2, 0.25) is 0 Å². The molecule has 0 atom stereocenters. The first-order chi connectivity index (χ1) is 10.6. The molecule has 0 aliphatic rings. The molecule has 2 amide bonds. The van der Waals surface area contributed by atoms with Crippen molar-refractivity contribution < 1.29 is 14.3 Å². The highest BCUT2D eigenvalue weighted by atomic mass is 35.5. The number of benzene rings is 1. The molecule has 1 aromatic carbocycles. The summed E-state index contributed by atoms with van der Waals surface area (Å²) in [5, 5.41) is 0.667. The molecule has 8 heteroatoms. The highest BCUT2D eigenvalue weighted by Gasteiger charge is 2.09. The number of amides is 2. The maximum Gasteiger partial charge on any atom is 0.276 e. The summed E-state index contributed by atoms with van der Waals surface area (Å²) < 4.78 is 5.23. The SMILES string of the molecule is O=C(COc1ccccc1Cl)NNC(=O)c1ccc(Cl)nc1. The van der Waals surface area contributed by atoms with Gasteiger partial charge in [0.15, 0.2) is 6.61 Å². The van der Waals surface area contributed by atoms with Gasteiger partial charge in [0.25, 0.3) is 11.8 Å². The summed E-state index contributed by atoms with van der Waals surface area (Å²) in [5.41, 5.74) is 4.71. The predicted octanol–water partition coefficient (Wildman–Crippen LogP) is 2.23. The monoisotopic (exact) mass is 339 g/mol. The second kappa shape index (κ2) is 7.63. The lowest BCUT2D eigenvalue weighted by molar-refractivity contribution is -0.123. The summed E-state index contributed by atoms with van der Waals surface area (Å²) in [4.78, 5) is 27.1. The number of carbonyl (C=O) groups is 2. The summed E-state index contributed by atoms with van der Waals surface area (Å²) in [6, 6.07) is 9.71. The third-order valence-corrected chi connectivity index (χ3v) is 3.04. The molecular formula is C14H11Cl2N3O3. The smallest absolute Gasteiger partial charge is 0.276 e. The lowest BCUT2D eigenvalue weighted by atomic mass is 10.3. The number of carbonyl (C=O) groups excluding carboxylic acids is 2. The quantitative estimate of drug-likeness (QED) is 0.661. The van der Waals surface area contributed by atoms with E-state index in [0.717, 1.165) is 0 Å². The van der Waals surface area contributed by atoms with E-state index in [2.05, 4.69) is 15.8 Å². The number of pyridine rings is 1. The standard InChI is InChI=1S/C14H11Cl2N3O3/c15-10-3-1-2-4-11(10)22-8-13(20)18-19-14(21)9-5-6-12(16)17-7-9/h1-7H,8H2,(H,18,20)(H,19,21). The van der Waals surface area contributed by atoms with Crippen molar-refractivity contribution in [3.63, 3.8) is 0 Å². The van der Waals surface area contributed by atoms with Gasteiger partial charge in [-0.2, -0.15) is 0 Å². The Bertz CT molecular complexity index is 677. The summed E-state index contributed by atoms with van der Waals surface area (Å²) in [5.74, 6) is -0.669. The van der Waals surface area contributed by atoms with Crippen molar-refractivity contribution >= 4 is 35.0 Å². The first-order valence-corrected chi connectivity index (χ1v) is 6.90. The van der Waals surface area contributed by atoms with Gasteiger partial charge in [0, 0.05) is 6.20 Å². The first-order valence-electron chi connectivity index (χ1n) is 6.14. The number of rotatable bonds is 4. The molecule has 0 bridgehead atoms. The minimum Gasteiger partial charge on any atom is -0.482 e. The van der Waals surface area contributed by atoms with Gasteiger partial charge < -0.3 is 4.74 Å². The van der Waals surface area contributed by atoms with Crippen LogP contribution in [0.2, 0.25) is 10.2 Å². The van der Waals surface area contributed by atoms with Gasteiger partial charge in [-0.1, -0.05) is 35.3 Å². The lowest BCUT2D eigenvalue weighted by Gasteiger charge is -2.09. The second-order valence-corrected chi connectivity index (χ2v) is 4.89. The van der Waals surface area contributed by atoms with Crippen molar-refractivity contribution in [1.82, 2.24) is 15.8 Å². The normalized spacial score (nSPS) is 9.91. The van der Waals surface area contributed by atoms with Crippen molar-refractivity contribution in [2.75, 3.05) is 6.61 Å². The van der Waals surface area contributed by atoms with Gasteiger partial charge in [-0.15, -0.1) is 0 Å². The highest BCUT2D eigenvalue weighted by Crippen LogP contribution is 2.22. The molecule has 2 N–H and O–H groups in total. The third-order valence-electron chi connectivity index (χ3n) is 2.50. The van der Waals surface area contributed by atoms with E-state index in [-0.39, 0.29) is 17.3 Å². The number of nitrogens with one attached hydrogen (secondary N) is 2. The molecule has 0 radical (unpaired) electrons. The molecule has 0 unspecified atom stereocenters. The van der Waals surface area contributed by atoms with Crippen LogP contribution in [-0.4, -0.2) is 23.4 Å². The molecule has 0 aliphatic carbocycles. The maximum atomic E-state index is 11.7. The van der Waals surface area contributed by atoms with Gasteiger partial charge in [-0.25, -0.2) is 4.98 Å². The molecule has 0 aliphatic heterocycles. The summed E-state index contributed by atoms with van der Waals surface area (Å²) in [6.07, 6.45) is 1.30. The number of hydrogen-bond donors (Lipinski definition) is 2.